The number of rotatable bonds is 8. The molecule has 0 spiro atoms. The van der Waals surface area contributed by atoms with Crippen molar-refractivity contribution < 1.29 is 14.0 Å². The molecule has 5 aromatic rings. The number of ether oxygens (including phenoxy) is 2. The van der Waals surface area contributed by atoms with Crippen molar-refractivity contribution >= 4 is 45.1 Å². The fourth-order valence-electron chi connectivity index (χ4n) is 4.47. The maximum Gasteiger partial charge on any atom is 0.262 e. The van der Waals surface area contributed by atoms with Crippen LogP contribution in [0.15, 0.2) is 119 Å². The van der Waals surface area contributed by atoms with Crippen molar-refractivity contribution in [1.29, 1.82) is 0 Å². The van der Waals surface area contributed by atoms with Crippen molar-refractivity contribution in [3.8, 4) is 11.5 Å². The fraction of sp³-hybridized carbons (Fsp3) is 0.121. The first kappa shape index (κ1) is 25.3. The number of aryl methyl sites for hydroxylation is 1. The molecule has 1 aromatic heterocycles. The molecule has 6 rings (SSSR count). The Kier molecular flexibility index (Phi) is 7.39. The molecule has 1 aliphatic rings. The van der Waals surface area contributed by atoms with Crippen LogP contribution in [0.25, 0.3) is 16.3 Å². The molecule has 0 amide bonds. The largest absolute Gasteiger partial charge is 0.489 e. The maximum atomic E-state index is 6.04. The van der Waals surface area contributed by atoms with E-state index in [-0.39, 0.29) is 0 Å². The third-order valence-electron chi connectivity index (χ3n) is 6.65. The number of anilines is 1. The Hall–Kier alpha value is -4.00. The van der Waals surface area contributed by atoms with Gasteiger partial charge in [-0.2, -0.15) is 4.57 Å². The Morgan fingerprint density at radius 3 is 2.13 bits per heavy atom. The highest BCUT2D eigenvalue weighted by molar-refractivity contribution is 8.03. The van der Waals surface area contributed by atoms with Crippen LogP contribution in [0.3, 0.4) is 0 Å². The average molecular weight is 550 g/mol. The maximum absolute atomic E-state index is 6.04. The molecule has 39 heavy (non-hydrogen) atoms. The summed E-state index contributed by atoms with van der Waals surface area (Å²) in [6.07, 6.45) is 6.48. The Morgan fingerprint density at radius 2 is 1.44 bits per heavy atom. The zero-order valence-electron chi connectivity index (χ0n) is 21.9. The molecule has 4 aromatic carbocycles. The minimum atomic E-state index is 0.568. The van der Waals surface area contributed by atoms with Crippen molar-refractivity contribution in [1.82, 2.24) is 0 Å². The van der Waals surface area contributed by atoms with E-state index in [4.69, 9.17) is 9.47 Å². The normalized spacial score (nSPS) is 13.9. The number of hydrogen-bond acceptors (Lipinski definition) is 5. The Balaban J connectivity index is 1.13. The fourth-order valence-corrected chi connectivity index (χ4v) is 6.66. The van der Waals surface area contributed by atoms with E-state index in [1.54, 1.807) is 23.1 Å². The zero-order valence-corrected chi connectivity index (χ0v) is 23.5. The lowest BCUT2D eigenvalue weighted by atomic mass is 10.2. The number of allylic oxidation sites excluding steroid dienone is 2. The average Bonchev–Trinajstić information content (AvgIpc) is 3.46. The van der Waals surface area contributed by atoms with Crippen LogP contribution in [0.4, 0.5) is 5.69 Å². The summed E-state index contributed by atoms with van der Waals surface area (Å²) < 4.78 is 15.5. The molecule has 0 N–H and O–H groups in total. The van der Waals surface area contributed by atoms with Crippen molar-refractivity contribution in [2.75, 3.05) is 11.9 Å². The van der Waals surface area contributed by atoms with Crippen LogP contribution >= 0.6 is 23.1 Å². The van der Waals surface area contributed by atoms with E-state index in [1.165, 1.54) is 42.0 Å². The van der Waals surface area contributed by atoms with E-state index in [1.807, 2.05) is 48.5 Å². The molecular formula is C33H29N2O2S2+. The van der Waals surface area contributed by atoms with Gasteiger partial charge in [0.1, 0.15) is 36.5 Å². The molecule has 4 nitrogen and oxygen atoms in total. The Bertz CT molecular complexity index is 1660. The summed E-state index contributed by atoms with van der Waals surface area (Å²) in [5.41, 5.74) is 4.72. The number of fused-ring (bicyclic) bond motifs is 2. The molecule has 0 bridgehead atoms. The van der Waals surface area contributed by atoms with Gasteiger partial charge >= 0.3 is 0 Å². The van der Waals surface area contributed by atoms with E-state index in [0.29, 0.717) is 13.2 Å². The van der Waals surface area contributed by atoms with Gasteiger partial charge in [0, 0.05) is 30.2 Å². The van der Waals surface area contributed by atoms with Gasteiger partial charge < -0.3 is 14.4 Å². The van der Waals surface area contributed by atoms with Gasteiger partial charge in [-0.25, -0.2) is 0 Å². The van der Waals surface area contributed by atoms with Crippen molar-refractivity contribution in [3.63, 3.8) is 0 Å². The van der Waals surface area contributed by atoms with Gasteiger partial charge in [0.15, 0.2) is 0 Å². The minimum absolute atomic E-state index is 0.568. The standard InChI is InChI=1S/C33H29N2O2S2/c1-34-28-18-16-26(36-22-24-10-5-3-6-11-24)20-30(28)38-32(34)14-9-15-33-35(2)29-19-17-27(21-31(29)39-33)37-23-25-12-7-4-8-13-25/h3-21H,22-23H2,1-2H3/q+1. The monoisotopic (exact) mass is 549 g/mol. The summed E-state index contributed by atoms with van der Waals surface area (Å²) in [5.74, 6) is 1.78. The van der Waals surface area contributed by atoms with Crippen LogP contribution in [0.2, 0.25) is 0 Å². The quantitative estimate of drug-likeness (QED) is 0.183. The highest BCUT2D eigenvalue weighted by Gasteiger charge is 2.22. The topological polar surface area (TPSA) is 25.6 Å². The van der Waals surface area contributed by atoms with Gasteiger partial charge in [0.25, 0.3) is 5.01 Å². The van der Waals surface area contributed by atoms with E-state index in [0.717, 1.165) is 11.5 Å². The summed E-state index contributed by atoms with van der Waals surface area (Å²) >= 11 is 3.53. The second kappa shape index (κ2) is 11.4. The minimum Gasteiger partial charge on any atom is -0.489 e. The first-order valence-corrected chi connectivity index (χ1v) is 14.5. The van der Waals surface area contributed by atoms with Crippen LogP contribution < -0.4 is 18.9 Å². The molecule has 0 unspecified atom stereocenters. The van der Waals surface area contributed by atoms with E-state index in [9.17, 15) is 0 Å². The molecule has 0 atom stereocenters. The van der Waals surface area contributed by atoms with Gasteiger partial charge in [0.2, 0.25) is 5.52 Å². The Labute approximate surface area is 237 Å². The number of nitrogens with zero attached hydrogens (tertiary/aromatic N) is 2. The van der Waals surface area contributed by atoms with E-state index < -0.39 is 0 Å². The zero-order chi connectivity index (χ0) is 26.6. The lowest BCUT2D eigenvalue weighted by molar-refractivity contribution is -0.642. The van der Waals surface area contributed by atoms with Crippen molar-refractivity contribution in [2.24, 2.45) is 7.05 Å². The number of thiazole rings is 1. The summed E-state index contributed by atoms with van der Waals surface area (Å²) in [4.78, 5) is 3.44. The van der Waals surface area contributed by atoms with Gasteiger partial charge in [-0.15, -0.1) is 0 Å². The molecule has 0 fully saturated rings. The van der Waals surface area contributed by atoms with Gasteiger partial charge in [-0.05, 0) is 41.5 Å². The summed E-state index contributed by atoms with van der Waals surface area (Å²) in [6.45, 7) is 1.14. The number of aromatic nitrogens is 1. The van der Waals surface area contributed by atoms with Crippen LogP contribution in [0.1, 0.15) is 16.1 Å². The Morgan fingerprint density at radius 1 is 0.795 bits per heavy atom. The molecule has 194 valence electrons. The molecule has 0 radical (unpaired) electrons. The predicted molar refractivity (Wildman–Crippen MR) is 162 cm³/mol. The van der Waals surface area contributed by atoms with Crippen LogP contribution in [0.5, 0.6) is 11.5 Å². The van der Waals surface area contributed by atoms with E-state index in [2.05, 4.69) is 90.3 Å². The number of thioether (sulfide) groups is 1. The lowest BCUT2D eigenvalue weighted by Gasteiger charge is -2.13. The molecule has 0 saturated heterocycles. The van der Waals surface area contributed by atoms with Crippen molar-refractivity contribution in [3.05, 3.63) is 130 Å². The molecule has 0 aliphatic carbocycles. The van der Waals surface area contributed by atoms with Crippen LogP contribution in [-0.4, -0.2) is 7.05 Å². The third-order valence-corrected chi connectivity index (χ3v) is 8.98. The van der Waals surface area contributed by atoms with Gasteiger partial charge in [-0.3, -0.25) is 0 Å². The summed E-state index contributed by atoms with van der Waals surface area (Å²) in [7, 11) is 4.22. The highest BCUT2D eigenvalue weighted by atomic mass is 32.2. The molecule has 2 heterocycles. The molecule has 6 heteroatoms. The highest BCUT2D eigenvalue weighted by Crippen LogP contribution is 2.46. The second-order valence-electron chi connectivity index (χ2n) is 9.33. The summed E-state index contributed by atoms with van der Waals surface area (Å²) in [6, 6.07) is 33.1. The van der Waals surface area contributed by atoms with Crippen LogP contribution in [-0.2, 0) is 20.3 Å². The van der Waals surface area contributed by atoms with Gasteiger partial charge in [-0.1, -0.05) is 89.8 Å². The number of hydrogen-bond donors (Lipinski definition) is 0. The molecular weight excluding hydrogens is 521 g/mol. The summed E-state index contributed by atoms with van der Waals surface area (Å²) in [5, 5.41) is 2.36. The van der Waals surface area contributed by atoms with E-state index >= 15 is 0 Å². The smallest absolute Gasteiger partial charge is 0.262 e. The number of benzene rings is 4. The van der Waals surface area contributed by atoms with Gasteiger partial charge in [0.05, 0.1) is 10.7 Å². The van der Waals surface area contributed by atoms with Crippen molar-refractivity contribution in [2.45, 2.75) is 18.1 Å². The second-order valence-corrected chi connectivity index (χ2v) is 11.5. The van der Waals surface area contributed by atoms with Crippen LogP contribution in [0, 0.1) is 0 Å². The predicted octanol–water partition coefficient (Wildman–Crippen LogP) is 7.98. The first-order chi connectivity index (χ1) is 19.1. The third kappa shape index (κ3) is 5.72. The first-order valence-electron chi connectivity index (χ1n) is 12.8. The lowest BCUT2D eigenvalue weighted by Crippen LogP contribution is -2.28. The molecule has 0 saturated carbocycles. The SMILES string of the molecule is CN1/C(=C/C=C/c2sc3cc(OCc4ccccc4)ccc3[n+]2C)Sc2cc(OCc3ccccc3)ccc21. The molecule has 1 aliphatic heterocycles.